The fourth-order valence-corrected chi connectivity index (χ4v) is 2.57. The molecule has 3 heterocycles. The van der Waals surface area contributed by atoms with E-state index in [4.69, 9.17) is 28.4 Å². The molecule has 6 heteroatoms. The summed E-state index contributed by atoms with van der Waals surface area (Å²) in [6.45, 7) is 2.60. The topological polar surface area (TPSA) is 55.4 Å². The molecule has 3 aliphatic rings. The molecule has 21 heavy (non-hydrogen) atoms. The quantitative estimate of drug-likeness (QED) is 0.672. The summed E-state index contributed by atoms with van der Waals surface area (Å²) in [6.07, 6.45) is 6.95. The average molecular weight is 300 g/mol. The van der Waals surface area contributed by atoms with E-state index < -0.39 is 0 Å². The lowest BCUT2D eigenvalue weighted by atomic mass is 10.3. The lowest BCUT2D eigenvalue weighted by Crippen LogP contribution is -2.18. The average Bonchev–Trinajstić information content (AvgIpc) is 3.24. The van der Waals surface area contributed by atoms with E-state index >= 15 is 0 Å². The summed E-state index contributed by atoms with van der Waals surface area (Å²) in [5, 5.41) is 0. The first-order valence-electron chi connectivity index (χ1n) is 7.88. The van der Waals surface area contributed by atoms with Gasteiger partial charge < -0.3 is 28.4 Å². The van der Waals surface area contributed by atoms with E-state index in [1.54, 1.807) is 6.26 Å². The minimum absolute atomic E-state index is 0.135. The van der Waals surface area contributed by atoms with E-state index in [0.717, 1.165) is 58.3 Å². The van der Waals surface area contributed by atoms with E-state index in [-0.39, 0.29) is 18.9 Å². The lowest BCUT2D eigenvalue weighted by molar-refractivity contribution is -0.136. The molecule has 0 N–H and O–H groups in total. The zero-order valence-corrected chi connectivity index (χ0v) is 12.3. The van der Waals surface area contributed by atoms with Gasteiger partial charge in [0.1, 0.15) is 12.9 Å². The highest BCUT2D eigenvalue weighted by Crippen LogP contribution is 2.20. The van der Waals surface area contributed by atoms with Crippen LogP contribution in [0.25, 0.3) is 0 Å². The fraction of sp³-hybridized carbons (Fsp3) is 0.867. The maximum absolute atomic E-state index is 5.81. The highest BCUT2D eigenvalue weighted by atomic mass is 16.7. The van der Waals surface area contributed by atoms with Crippen LogP contribution in [0.15, 0.2) is 12.0 Å². The van der Waals surface area contributed by atoms with E-state index in [1.165, 1.54) is 0 Å². The zero-order chi connectivity index (χ0) is 14.3. The highest BCUT2D eigenvalue weighted by molar-refractivity contribution is 4.89. The van der Waals surface area contributed by atoms with Crippen molar-refractivity contribution in [1.29, 1.82) is 0 Å². The first-order chi connectivity index (χ1) is 10.4. The maximum Gasteiger partial charge on any atom is 0.199 e. The normalized spacial score (nSPS) is 33.5. The Balaban J connectivity index is 1.48. The first kappa shape index (κ1) is 15.1. The van der Waals surface area contributed by atoms with Gasteiger partial charge in [0.15, 0.2) is 24.6 Å². The molecule has 0 bridgehead atoms. The maximum atomic E-state index is 5.81. The number of rotatable bonds is 7. The monoisotopic (exact) mass is 300 g/mol. The predicted octanol–water partition coefficient (Wildman–Crippen LogP) is 2.29. The Morgan fingerprint density at radius 1 is 0.857 bits per heavy atom. The first-order valence-corrected chi connectivity index (χ1v) is 7.88. The van der Waals surface area contributed by atoms with Crippen molar-refractivity contribution < 1.29 is 28.4 Å². The molecule has 3 atom stereocenters. The van der Waals surface area contributed by atoms with Crippen LogP contribution in [0.1, 0.15) is 38.5 Å². The summed E-state index contributed by atoms with van der Waals surface area (Å²) in [7, 11) is 0. The third kappa shape index (κ3) is 4.85. The molecule has 0 radical (unpaired) electrons. The molecule has 0 saturated carbocycles. The Morgan fingerprint density at radius 3 is 2.10 bits per heavy atom. The van der Waals surface area contributed by atoms with Gasteiger partial charge in [-0.2, -0.15) is 0 Å². The van der Waals surface area contributed by atoms with Crippen molar-refractivity contribution in [3.63, 3.8) is 0 Å². The van der Waals surface area contributed by atoms with Crippen molar-refractivity contribution in [2.24, 2.45) is 0 Å². The Kier molecular flexibility index (Phi) is 5.74. The largest absolute Gasteiger partial charge is 0.469 e. The van der Waals surface area contributed by atoms with E-state index in [9.17, 15) is 0 Å². The van der Waals surface area contributed by atoms with Crippen molar-refractivity contribution >= 4 is 0 Å². The van der Waals surface area contributed by atoms with E-state index in [1.807, 2.05) is 0 Å². The minimum atomic E-state index is -0.197. The van der Waals surface area contributed by atoms with Crippen LogP contribution in [0.5, 0.6) is 0 Å². The van der Waals surface area contributed by atoms with Gasteiger partial charge in [0.05, 0.1) is 13.2 Å². The smallest absolute Gasteiger partial charge is 0.199 e. The fourth-order valence-electron chi connectivity index (χ4n) is 2.57. The van der Waals surface area contributed by atoms with Crippen LogP contribution < -0.4 is 0 Å². The summed E-state index contributed by atoms with van der Waals surface area (Å²) in [5.41, 5.74) is 0. The Morgan fingerprint density at radius 2 is 1.48 bits per heavy atom. The van der Waals surface area contributed by atoms with Crippen molar-refractivity contribution in [3.05, 3.63) is 12.0 Å². The summed E-state index contributed by atoms with van der Waals surface area (Å²) < 4.78 is 33.5. The molecule has 0 aliphatic carbocycles. The molecule has 0 aromatic rings. The van der Waals surface area contributed by atoms with Crippen LogP contribution in [0.4, 0.5) is 0 Å². The molecule has 120 valence electrons. The Bertz CT molecular complexity index is 327. The Hall–Kier alpha value is -0.820. The second kappa shape index (κ2) is 7.98. The molecule has 0 aromatic heterocycles. The Labute approximate surface area is 125 Å². The second-order valence-electron chi connectivity index (χ2n) is 5.48. The number of hydrogen-bond acceptors (Lipinski definition) is 6. The number of ether oxygens (including phenoxy) is 6. The van der Waals surface area contributed by atoms with E-state index in [0.29, 0.717) is 12.4 Å². The molecular formula is C15H24O6. The molecular weight excluding hydrogens is 276 g/mol. The van der Waals surface area contributed by atoms with Crippen molar-refractivity contribution in [1.82, 2.24) is 0 Å². The summed E-state index contributed by atoms with van der Waals surface area (Å²) in [4.78, 5) is 0. The molecule has 3 rings (SSSR count). The minimum Gasteiger partial charge on any atom is -0.469 e. The summed E-state index contributed by atoms with van der Waals surface area (Å²) in [5.74, 6) is 0.632. The molecule has 6 nitrogen and oxygen atoms in total. The van der Waals surface area contributed by atoms with Crippen LogP contribution in [0, 0.1) is 0 Å². The van der Waals surface area contributed by atoms with Crippen LogP contribution in [-0.4, -0.2) is 45.3 Å². The number of hydrogen-bond donors (Lipinski definition) is 0. The second-order valence-corrected chi connectivity index (χ2v) is 5.48. The molecule has 0 spiro atoms. The lowest BCUT2D eigenvalue weighted by Gasteiger charge is -2.18. The van der Waals surface area contributed by atoms with E-state index in [2.05, 4.69) is 0 Å². The van der Waals surface area contributed by atoms with Crippen molar-refractivity contribution in [2.75, 3.05) is 26.4 Å². The third-order valence-corrected chi connectivity index (χ3v) is 3.71. The molecule has 0 aromatic carbocycles. The van der Waals surface area contributed by atoms with Gasteiger partial charge in [0.2, 0.25) is 0 Å². The van der Waals surface area contributed by atoms with Crippen molar-refractivity contribution in [2.45, 2.75) is 57.4 Å². The molecule has 3 unspecified atom stereocenters. The van der Waals surface area contributed by atoms with Gasteiger partial charge in [-0.3, -0.25) is 0 Å². The van der Waals surface area contributed by atoms with Gasteiger partial charge >= 0.3 is 0 Å². The van der Waals surface area contributed by atoms with Gasteiger partial charge in [0, 0.05) is 25.9 Å². The van der Waals surface area contributed by atoms with Gasteiger partial charge in [-0.25, -0.2) is 0 Å². The van der Waals surface area contributed by atoms with Crippen LogP contribution in [0.2, 0.25) is 0 Å². The van der Waals surface area contributed by atoms with Crippen molar-refractivity contribution in [3.8, 4) is 0 Å². The third-order valence-electron chi connectivity index (χ3n) is 3.71. The standard InChI is InChI=1S/C15H24O6/c1-4-13(16-7-1)19-10-12(21-15-6-3-9-18-15)11-20-14-5-2-8-17-14/h10,13-15H,1-9,11H2. The molecule has 0 amide bonds. The van der Waals surface area contributed by atoms with Crippen LogP contribution in [0.3, 0.4) is 0 Å². The summed E-state index contributed by atoms with van der Waals surface area (Å²) >= 11 is 0. The van der Waals surface area contributed by atoms with Gasteiger partial charge in [-0.05, 0) is 19.3 Å². The van der Waals surface area contributed by atoms with Gasteiger partial charge in [-0.1, -0.05) is 0 Å². The van der Waals surface area contributed by atoms with Gasteiger partial charge in [0.25, 0.3) is 0 Å². The summed E-state index contributed by atoms with van der Waals surface area (Å²) in [6, 6.07) is 0. The van der Waals surface area contributed by atoms with Crippen LogP contribution >= 0.6 is 0 Å². The molecule has 3 aliphatic heterocycles. The SMILES string of the molecule is C(OC1CCCO1)=C(COC1CCCO1)OC1CCCO1. The molecule has 3 fully saturated rings. The van der Waals surface area contributed by atoms with Gasteiger partial charge in [-0.15, -0.1) is 0 Å². The highest BCUT2D eigenvalue weighted by Gasteiger charge is 2.22. The van der Waals surface area contributed by atoms with Crippen LogP contribution in [-0.2, 0) is 28.4 Å². The zero-order valence-electron chi connectivity index (χ0n) is 12.3. The predicted molar refractivity (Wildman–Crippen MR) is 73.1 cm³/mol. The molecule has 3 saturated heterocycles.